The minimum Gasteiger partial charge on any atom is -0.457 e. The molecule has 0 aliphatic rings. The van der Waals surface area contributed by atoms with Crippen molar-refractivity contribution in [3.05, 3.63) is 12.2 Å². The molecule has 0 rings (SSSR count). The van der Waals surface area contributed by atoms with Gasteiger partial charge in [0.25, 0.3) is 0 Å². The van der Waals surface area contributed by atoms with Gasteiger partial charge in [0, 0.05) is 6.08 Å². The third-order valence-electron chi connectivity index (χ3n) is 1.14. The smallest absolute Gasteiger partial charge is 0.330 e. The first kappa shape index (κ1) is 12.2. The molecule has 0 aromatic heterocycles. The molecule has 0 spiro atoms. The van der Waals surface area contributed by atoms with Crippen molar-refractivity contribution in [1.82, 2.24) is 0 Å². The van der Waals surface area contributed by atoms with E-state index in [0.29, 0.717) is 6.42 Å². The lowest BCUT2D eigenvalue weighted by Gasteiger charge is -2.17. The summed E-state index contributed by atoms with van der Waals surface area (Å²) < 4.78 is 5.01. The van der Waals surface area contributed by atoms with Crippen LogP contribution in [-0.4, -0.2) is 22.8 Å². The summed E-state index contributed by atoms with van der Waals surface area (Å²) in [4.78, 5) is 11.0. The Labute approximate surface area is 79.4 Å². The van der Waals surface area contributed by atoms with Crippen molar-refractivity contribution in [2.24, 2.45) is 0 Å². The molecule has 0 aliphatic heterocycles. The summed E-state index contributed by atoms with van der Waals surface area (Å²) >= 11 is 0. The largest absolute Gasteiger partial charge is 0.457 e. The second-order valence-electron chi connectivity index (χ2n) is 4.02. The number of aliphatic hydroxyl groups excluding tert-OH is 1. The van der Waals surface area contributed by atoms with Crippen LogP contribution in [0.15, 0.2) is 12.2 Å². The summed E-state index contributed by atoms with van der Waals surface area (Å²) in [7, 11) is 0. The van der Waals surface area contributed by atoms with Crippen molar-refractivity contribution in [2.45, 2.75) is 45.8 Å². The number of carbonyl (C=O) groups is 1. The van der Waals surface area contributed by atoms with Gasteiger partial charge in [0.05, 0.1) is 6.10 Å². The second kappa shape index (κ2) is 5.02. The van der Waals surface area contributed by atoms with E-state index in [1.807, 2.05) is 20.8 Å². The molecule has 3 nitrogen and oxygen atoms in total. The SMILES string of the molecule is C[C@H](O)CC=CC(=O)OC(C)(C)C. The maximum absolute atomic E-state index is 11.0. The summed E-state index contributed by atoms with van der Waals surface area (Å²) in [5, 5.41) is 8.89. The Morgan fingerprint density at radius 3 is 2.46 bits per heavy atom. The van der Waals surface area contributed by atoms with E-state index < -0.39 is 11.7 Å². The quantitative estimate of drug-likeness (QED) is 0.538. The number of aliphatic hydroxyl groups is 1. The van der Waals surface area contributed by atoms with E-state index >= 15 is 0 Å². The monoisotopic (exact) mass is 186 g/mol. The molecule has 3 heteroatoms. The van der Waals surface area contributed by atoms with E-state index in [2.05, 4.69) is 0 Å². The Morgan fingerprint density at radius 1 is 1.54 bits per heavy atom. The molecule has 0 aliphatic carbocycles. The minimum atomic E-state index is -0.452. The molecule has 0 aromatic carbocycles. The van der Waals surface area contributed by atoms with E-state index in [4.69, 9.17) is 9.84 Å². The molecule has 0 radical (unpaired) electrons. The van der Waals surface area contributed by atoms with Gasteiger partial charge in [-0.3, -0.25) is 0 Å². The van der Waals surface area contributed by atoms with E-state index in [0.717, 1.165) is 0 Å². The van der Waals surface area contributed by atoms with Crippen LogP contribution in [-0.2, 0) is 9.53 Å². The van der Waals surface area contributed by atoms with Gasteiger partial charge in [-0.15, -0.1) is 0 Å². The molecule has 0 saturated heterocycles. The van der Waals surface area contributed by atoms with Crippen molar-refractivity contribution < 1.29 is 14.6 Å². The molecule has 1 atom stereocenters. The lowest BCUT2D eigenvalue weighted by atomic mass is 10.2. The Balaban J connectivity index is 3.81. The predicted molar refractivity (Wildman–Crippen MR) is 51.3 cm³/mol. The van der Waals surface area contributed by atoms with Gasteiger partial charge in [0.2, 0.25) is 0 Å². The molecular weight excluding hydrogens is 168 g/mol. The number of carbonyl (C=O) groups excluding carboxylic acids is 1. The summed E-state index contributed by atoms with van der Waals surface area (Å²) in [5.74, 6) is -0.367. The standard InChI is InChI=1S/C10H18O3/c1-8(11)6-5-7-9(12)13-10(2,3)4/h5,7-8,11H,6H2,1-4H3/t8-/m0/s1. The fourth-order valence-electron chi connectivity index (χ4n) is 0.697. The van der Waals surface area contributed by atoms with Gasteiger partial charge in [-0.25, -0.2) is 4.79 Å². The predicted octanol–water partition coefficient (Wildman–Crippen LogP) is 1.66. The molecule has 0 bridgehead atoms. The number of ether oxygens (including phenoxy) is 1. The molecule has 0 unspecified atom stereocenters. The van der Waals surface area contributed by atoms with Crippen molar-refractivity contribution >= 4 is 5.97 Å². The zero-order chi connectivity index (χ0) is 10.5. The lowest BCUT2D eigenvalue weighted by Crippen LogP contribution is -2.22. The highest BCUT2D eigenvalue weighted by Gasteiger charge is 2.13. The zero-order valence-electron chi connectivity index (χ0n) is 8.70. The number of rotatable bonds is 3. The van der Waals surface area contributed by atoms with Crippen molar-refractivity contribution in [3.63, 3.8) is 0 Å². The van der Waals surface area contributed by atoms with E-state index in [1.165, 1.54) is 6.08 Å². The average molecular weight is 186 g/mol. The van der Waals surface area contributed by atoms with Gasteiger partial charge in [-0.1, -0.05) is 6.08 Å². The minimum absolute atomic E-state index is 0.367. The van der Waals surface area contributed by atoms with Crippen LogP contribution < -0.4 is 0 Å². The maximum atomic E-state index is 11.0. The number of hydrogen-bond donors (Lipinski definition) is 1. The van der Waals surface area contributed by atoms with Crippen molar-refractivity contribution in [2.75, 3.05) is 0 Å². The molecule has 1 N–H and O–H groups in total. The van der Waals surface area contributed by atoms with Gasteiger partial charge < -0.3 is 9.84 Å². The first-order valence-electron chi connectivity index (χ1n) is 4.39. The molecule has 76 valence electrons. The normalized spacial score (nSPS) is 14.5. The highest BCUT2D eigenvalue weighted by atomic mass is 16.6. The fourth-order valence-corrected chi connectivity index (χ4v) is 0.697. The zero-order valence-corrected chi connectivity index (χ0v) is 8.70. The summed E-state index contributed by atoms with van der Waals surface area (Å²) in [6.07, 6.45) is 3.01. The van der Waals surface area contributed by atoms with Gasteiger partial charge in [-0.2, -0.15) is 0 Å². The highest BCUT2D eigenvalue weighted by molar-refractivity contribution is 5.82. The van der Waals surface area contributed by atoms with Crippen LogP contribution in [0.25, 0.3) is 0 Å². The molecule has 0 heterocycles. The van der Waals surface area contributed by atoms with E-state index in [1.54, 1.807) is 13.0 Å². The van der Waals surface area contributed by atoms with Gasteiger partial charge in [0.15, 0.2) is 0 Å². The first-order chi connectivity index (χ1) is 5.81. The molecule has 0 amide bonds. The highest BCUT2D eigenvalue weighted by Crippen LogP contribution is 2.07. The van der Waals surface area contributed by atoms with Crippen LogP contribution in [0.4, 0.5) is 0 Å². The van der Waals surface area contributed by atoms with Crippen molar-refractivity contribution in [1.29, 1.82) is 0 Å². The fraction of sp³-hybridized carbons (Fsp3) is 0.700. The summed E-state index contributed by atoms with van der Waals surface area (Å²) in [6.45, 7) is 7.10. The van der Waals surface area contributed by atoms with Crippen LogP contribution in [0.2, 0.25) is 0 Å². The Bertz CT molecular complexity index is 187. The lowest BCUT2D eigenvalue weighted by molar-refractivity contribution is -0.148. The average Bonchev–Trinajstić information content (AvgIpc) is 1.81. The van der Waals surface area contributed by atoms with Crippen LogP contribution in [0.1, 0.15) is 34.1 Å². The Kier molecular flexibility index (Phi) is 4.70. The summed E-state index contributed by atoms with van der Waals surface area (Å²) in [6, 6.07) is 0. The third kappa shape index (κ3) is 9.08. The van der Waals surface area contributed by atoms with Crippen LogP contribution in [0.3, 0.4) is 0 Å². The second-order valence-corrected chi connectivity index (χ2v) is 4.02. The molecule has 0 fully saturated rings. The van der Waals surface area contributed by atoms with Gasteiger partial charge >= 0.3 is 5.97 Å². The van der Waals surface area contributed by atoms with Gasteiger partial charge in [0.1, 0.15) is 5.60 Å². The van der Waals surface area contributed by atoms with Crippen LogP contribution in [0, 0.1) is 0 Å². The number of esters is 1. The van der Waals surface area contributed by atoms with E-state index in [-0.39, 0.29) is 5.97 Å². The Hall–Kier alpha value is -0.830. The topological polar surface area (TPSA) is 46.5 Å². The third-order valence-corrected chi connectivity index (χ3v) is 1.14. The first-order valence-corrected chi connectivity index (χ1v) is 4.39. The molecule has 0 aromatic rings. The van der Waals surface area contributed by atoms with Gasteiger partial charge in [-0.05, 0) is 34.1 Å². The molecule has 13 heavy (non-hydrogen) atoms. The van der Waals surface area contributed by atoms with Crippen molar-refractivity contribution in [3.8, 4) is 0 Å². The number of hydrogen-bond acceptors (Lipinski definition) is 3. The van der Waals surface area contributed by atoms with E-state index in [9.17, 15) is 4.79 Å². The maximum Gasteiger partial charge on any atom is 0.330 e. The molecular formula is C10H18O3. The summed E-state index contributed by atoms with van der Waals surface area (Å²) in [5.41, 5.74) is -0.452. The Morgan fingerprint density at radius 2 is 2.08 bits per heavy atom. The van der Waals surface area contributed by atoms with Crippen LogP contribution in [0.5, 0.6) is 0 Å². The van der Waals surface area contributed by atoms with Crippen LogP contribution >= 0.6 is 0 Å². The molecule has 0 saturated carbocycles.